The van der Waals surface area contributed by atoms with Crippen molar-refractivity contribution in [2.75, 3.05) is 13.2 Å². The monoisotopic (exact) mass is 289 g/mol. The van der Waals surface area contributed by atoms with Gasteiger partial charge < -0.3 is 10.1 Å². The summed E-state index contributed by atoms with van der Waals surface area (Å²) >= 11 is 12.3. The molecular formula is C14H21Cl2NO. The van der Waals surface area contributed by atoms with Crippen molar-refractivity contribution in [1.82, 2.24) is 5.32 Å². The SMILES string of the molecule is CCCNC(COC(C)C)c1cccc(Cl)c1Cl. The van der Waals surface area contributed by atoms with Crippen molar-refractivity contribution in [2.24, 2.45) is 0 Å². The van der Waals surface area contributed by atoms with Crippen molar-refractivity contribution in [1.29, 1.82) is 0 Å². The molecular weight excluding hydrogens is 269 g/mol. The van der Waals surface area contributed by atoms with Gasteiger partial charge in [0.1, 0.15) is 0 Å². The molecule has 0 heterocycles. The summed E-state index contributed by atoms with van der Waals surface area (Å²) in [5.74, 6) is 0. The van der Waals surface area contributed by atoms with Gasteiger partial charge in [-0.2, -0.15) is 0 Å². The van der Waals surface area contributed by atoms with Crippen molar-refractivity contribution in [2.45, 2.75) is 39.3 Å². The van der Waals surface area contributed by atoms with Crippen LogP contribution in [0.2, 0.25) is 10.0 Å². The van der Waals surface area contributed by atoms with Crippen LogP contribution in [0, 0.1) is 0 Å². The molecule has 1 N–H and O–H groups in total. The topological polar surface area (TPSA) is 21.3 Å². The molecule has 0 amide bonds. The lowest BCUT2D eigenvalue weighted by Gasteiger charge is -2.21. The summed E-state index contributed by atoms with van der Waals surface area (Å²) in [7, 11) is 0. The first-order valence-electron chi connectivity index (χ1n) is 6.35. The Morgan fingerprint density at radius 1 is 1.28 bits per heavy atom. The van der Waals surface area contributed by atoms with Crippen LogP contribution >= 0.6 is 23.2 Å². The predicted octanol–water partition coefficient (Wildman–Crippen LogP) is 4.46. The Labute approximate surface area is 120 Å². The summed E-state index contributed by atoms with van der Waals surface area (Å²) in [5.41, 5.74) is 0.998. The third kappa shape index (κ3) is 4.77. The maximum Gasteiger partial charge on any atom is 0.0665 e. The van der Waals surface area contributed by atoms with Crippen LogP contribution in [-0.4, -0.2) is 19.3 Å². The summed E-state index contributed by atoms with van der Waals surface area (Å²) in [4.78, 5) is 0. The average molecular weight is 290 g/mol. The Morgan fingerprint density at radius 2 is 2.00 bits per heavy atom. The van der Waals surface area contributed by atoms with E-state index in [2.05, 4.69) is 12.2 Å². The molecule has 0 radical (unpaired) electrons. The maximum atomic E-state index is 6.25. The van der Waals surface area contributed by atoms with Crippen molar-refractivity contribution >= 4 is 23.2 Å². The molecule has 102 valence electrons. The average Bonchev–Trinajstić information content (AvgIpc) is 2.33. The Morgan fingerprint density at radius 3 is 2.61 bits per heavy atom. The van der Waals surface area contributed by atoms with Crippen LogP contribution in [0.3, 0.4) is 0 Å². The second-order valence-electron chi connectivity index (χ2n) is 4.53. The number of benzene rings is 1. The van der Waals surface area contributed by atoms with Crippen molar-refractivity contribution < 1.29 is 4.74 Å². The van der Waals surface area contributed by atoms with E-state index in [0.717, 1.165) is 18.5 Å². The summed E-state index contributed by atoms with van der Waals surface area (Å²) in [6.45, 7) is 7.70. The minimum Gasteiger partial charge on any atom is -0.377 e. The molecule has 0 aliphatic rings. The minimum absolute atomic E-state index is 0.0820. The van der Waals surface area contributed by atoms with Gasteiger partial charge in [-0.25, -0.2) is 0 Å². The van der Waals surface area contributed by atoms with E-state index in [1.165, 1.54) is 0 Å². The zero-order valence-corrected chi connectivity index (χ0v) is 12.7. The fourth-order valence-corrected chi connectivity index (χ4v) is 2.10. The molecule has 0 aromatic heterocycles. The van der Waals surface area contributed by atoms with Crippen LogP contribution in [-0.2, 0) is 4.74 Å². The standard InChI is InChI=1S/C14H21Cl2NO/c1-4-8-17-13(9-18-10(2)3)11-6-5-7-12(15)14(11)16/h5-7,10,13,17H,4,8-9H2,1-3H3. The lowest BCUT2D eigenvalue weighted by atomic mass is 10.1. The van der Waals surface area contributed by atoms with Crippen molar-refractivity contribution in [3.8, 4) is 0 Å². The fraction of sp³-hybridized carbons (Fsp3) is 0.571. The molecule has 0 saturated carbocycles. The zero-order valence-electron chi connectivity index (χ0n) is 11.2. The van der Waals surface area contributed by atoms with E-state index in [9.17, 15) is 0 Å². The molecule has 18 heavy (non-hydrogen) atoms. The smallest absolute Gasteiger partial charge is 0.0665 e. The van der Waals surface area contributed by atoms with Crippen LogP contribution in [0.4, 0.5) is 0 Å². The molecule has 2 nitrogen and oxygen atoms in total. The summed E-state index contributed by atoms with van der Waals surface area (Å²) in [6, 6.07) is 5.79. The number of nitrogens with one attached hydrogen (secondary N) is 1. The molecule has 0 aliphatic heterocycles. The third-order valence-corrected chi connectivity index (χ3v) is 3.43. The molecule has 1 rings (SSSR count). The summed E-state index contributed by atoms with van der Waals surface area (Å²) in [6.07, 6.45) is 1.27. The number of halogens is 2. The van der Waals surface area contributed by atoms with Gasteiger partial charge >= 0.3 is 0 Å². The van der Waals surface area contributed by atoms with Gasteiger partial charge in [-0.15, -0.1) is 0 Å². The maximum absolute atomic E-state index is 6.25. The summed E-state index contributed by atoms with van der Waals surface area (Å²) in [5, 5.41) is 4.64. The number of ether oxygens (including phenoxy) is 1. The highest BCUT2D eigenvalue weighted by atomic mass is 35.5. The van der Waals surface area contributed by atoms with E-state index in [4.69, 9.17) is 27.9 Å². The normalized spacial score (nSPS) is 13.0. The Hall–Kier alpha value is -0.280. The lowest BCUT2D eigenvalue weighted by Crippen LogP contribution is -2.27. The van der Waals surface area contributed by atoms with Gasteiger partial charge in [0.05, 0.1) is 28.8 Å². The highest BCUT2D eigenvalue weighted by Crippen LogP contribution is 2.30. The molecule has 0 bridgehead atoms. The van der Waals surface area contributed by atoms with E-state index in [-0.39, 0.29) is 12.1 Å². The van der Waals surface area contributed by atoms with E-state index in [1.54, 1.807) is 6.07 Å². The van der Waals surface area contributed by atoms with Gasteiger partial charge in [0, 0.05) is 0 Å². The van der Waals surface area contributed by atoms with Gasteiger partial charge in [-0.1, -0.05) is 42.3 Å². The number of hydrogen-bond donors (Lipinski definition) is 1. The molecule has 0 aliphatic carbocycles. The third-order valence-electron chi connectivity index (χ3n) is 2.59. The van der Waals surface area contributed by atoms with Crippen LogP contribution in [0.25, 0.3) is 0 Å². The van der Waals surface area contributed by atoms with E-state index in [0.29, 0.717) is 16.7 Å². The Bertz CT molecular complexity index is 369. The molecule has 0 saturated heterocycles. The first kappa shape index (κ1) is 15.8. The Kier molecular flexibility index (Phi) is 7.02. The second kappa shape index (κ2) is 8.00. The lowest BCUT2D eigenvalue weighted by molar-refractivity contribution is 0.0611. The minimum atomic E-state index is 0.0820. The van der Waals surface area contributed by atoms with Crippen LogP contribution in [0.1, 0.15) is 38.8 Å². The molecule has 1 atom stereocenters. The summed E-state index contributed by atoms with van der Waals surface area (Å²) < 4.78 is 5.69. The van der Waals surface area contributed by atoms with E-state index >= 15 is 0 Å². The predicted molar refractivity (Wildman–Crippen MR) is 78.6 cm³/mol. The first-order valence-corrected chi connectivity index (χ1v) is 7.10. The van der Waals surface area contributed by atoms with Gasteiger partial charge in [0.2, 0.25) is 0 Å². The molecule has 0 fully saturated rings. The molecule has 4 heteroatoms. The fourth-order valence-electron chi connectivity index (χ4n) is 1.66. The van der Waals surface area contributed by atoms with Gasteiger partial charge in [0.25, 0.3) is 0 Å². The van der Waals surface area contributed by atoms with Crippen LogP contribution < -0.4 is 5.32 Å². The van der Waals surface area contributed by atoms with Crippen LogP contribution in [0.15, 0.2) is 18.2 Å². The van der Waals surface area contributed by atoms with Gasteiger partial charge in [-0.05, 0) is 38.4 Å². The van der Waals surface area contributed by atoms with E-state index in [1.807, 2.05) is 26.0 Å². The van der Waals surface area contributed by atoms with E-state index < -0.39 is 0 Å². The molecule has 1 aromatic carbocycles. The zero-order chi connectivity index (χ0) is 13.5. The van der Waals surface area contributed by atoms with Gasteiger partial charge in [-0.3, -0.25) is 0 Å². The molecule has 0 spiro atoms. The highest BCUT2D eigenvalue weighted by Gasteiger charge is 2.16. The van der Waals surface area contributed by atoms with Gasteiger partial charge in [0.15, 0.2) is 0 Å². The molecule has 1 aromatic rings. The van der Waals surface area contributed by atoms with Crippen molar-refractivity contribution in [3.05, 3.63) is 33.8 Å². The highest BCUT2D eigenvalue weighted by molar-refractivity contribution is 6.42. The molecule has 1 unspecified atom stereocenters. The largest absolute Gasteiger partial charge is 0.377 e. The first-order chi connectivity index (χ1) is 8.56. The van der Waals surface area contributed by atoms with Crippen molar-refractivity contribution in [3.63, 3.8) is 0 Å². The quantitative estimate of drug-likeness (QED) is 0.800. The number of hydrogen-bond acceptors (Lipinski definition) is 2. The van der Waals surface area contributed by atoms with Crippen LogP contribution in [0.5, 0.6) is 0 Å². The number of rotatable bonds is 7. The Balaban J connectivity index is 2.83. The second-order valence-corrected chi connectivity index (χ2v) is 5.32.